The minimum Gasteiger partial charge on any atom is -0.371 e. The molecule has 1 amide bonds. The van der Waals surface area contributed by atoms with Crippen LogP contribution in [0.2, 0.25) is 5.02 Å². The molecule has 2 aliphatic heterocycles. The van der Waals surface area contributed by atoms with Crippen LogP contribution in [-0.2, 0) is 16.1 Å². The fourth-order valence-corrected chi connectivity index (χ4v) is 3.43. The zero-order chi connectivity index (χ0) is 15.5. The normalized spacial score (nSPS) is 23.0. The third-order valence-corrected chi connectivity index (χ3v) is 4.74. The zero-order valence-corrected chi connectivity index (χ0v) is 13.4. The first-order valence-corrected chi connectivity index (χ1v) is 8.18. The molecule has 5 nitrogen and oxygen atoms in total. The molecule has 0 bridgehead atoms. The molecular formula is C16H22ClN3O2. The van der Waals surface area contributed by atoms with E-state index < -0.39 is 12.0 Å². The molecule has 2 aliphatic rings. The Bertz CT molecular complexity index is 546. The Morgan fingerprint density at radius 1 is 1.32 bits per heavy atom. The molecule has 6 heteroatoms. The van der Waals surface area contributed by atoms with Gasteiger partial charge in [-0.05, 0) is 25.0 Å². The number of carbonyl (C=O) groups excluding carboxylic acids is 1. The predicted octanol–water partition coefficient (Wildman–Crippen LogP) is 1.63. The first-order chi connectivity index (χ1) is 10.6. The Morgan fingerprint density at radius 2 is 2.09 bits per heavy atom. The molecule has 2 fully saturated rings. The van der Waals surface area contributed by atoms with Crippen LogP contribution in [0.4, 0.5) is 5.69 Å². The van der Waals surface area contributed by atoms with Crippen molar-refractivity contribution >= 4 is 23.2 Å². The topological polar surface area (TPSA) is 58.8 Å². The molecular weight excluding hydrogens is 302 g/mol. The molecule has 0 spiro atoms. The molecule has 1 unspecified atom stereocenters. The fraction of sp³-hybridized carbons (Fsp3) is 0.562. The van der Waals surface area contributed by atoms with Crippen molar-refractivity contribution in [1.29, 1.82) is 0 Å². The van der Waals surface area contributed by atoms with E-state index in [4.69, 9.17) is 22.1 Å². The van der Waals surface area contributed by atoms with Crippen molar-refractivity contribution in [2.75, 3.05) is 37.7 Å². The highest BCUT2D eigenvalue weighted by Crippen LogP contribution is 2.31. The number of hydrogen-bond acceptors (Lipinski definition) is 4. The van der Waals surface area contributed by atoms with Gasteiger partial charge in [-0.1, -0.05) is 17.7 Å². The van der Waals surface area contributed by atoms with Gasteiger partial charge < -0.3 is 15.4 Å². The number of primary amides is 1. The summed E-state index contributed by atoms with van der Waals surface area (Å²) in [5.74, 6) is -0.399. The van der Waals surface area contributed by atoms with Crippen LogP contribution in [0.25, 0.3) is 0 Å². The SMILES string of the molecule is NC(=O)C1CN(Cc2c(Cl)cccc2N2CCCC2)CCO1. The number of halogens is 1. The smallest absolute Gasteiger partial charge is 0.247 e. The number of hydrogen-bond donors (Lipinski definition) is 1. The highest BCUT2D eigenvalue weighted by molar-refractivity contribution is 6.31. The van der Waals surface area contributed by atoms with Crippen molar-refractivity contribution in [2.24, 2.45) is 5.73 Å². The number of nitrogens with two attached hydrogens (primary N) is 1. The maximum absolute atomic E-state index is 11.3. The monoisotopic (exact) mass is 323 g/mol. The van der Waals surface area contributed by atoms with Gasteiger partial charge >= 0.3 is 0 Å². The van der Waals surface area contributed by atoms with Gasteiger partial charge in [-0.3, -0.25) is 9.69 Å². The van der Waals surface area contributed by atoms with Crippen LogP contribution in [0.3, 0.4) is 0 Å². The molecule has 1 aromatic rings. The van der Waals surface area contributed by atoms with Crippen LogP contribution in [0.1, 0.15) is 18.4 Å². The van der Waals surface area contributed by atoms with Crippen molar-refractivity contribution < 1.29 is 9.53 Å². The van der Waals surface area contributed by atoms with Gasteiger partial charge in [-0.15, -0.1) is 0 Å². The molecule has 3 rings (SSSR count). The third kappa shape index (κ3) is 3.37. The molecule has 0 saturated carbocycles. The number of nitrogens with zero attached hydrogens (tertiary/aromatic N) is 2. The molecule has 1 atom stereocenters. The summed E-state index contributed by atoms with van der Waals surface area (Å²) in [4.78, 5) is 15.9. The molecule has 22 heavy (non-hydrogen) atoms. The van der Waals surface area contributed by atoms with Gasteiger partial charge in [-0.25, -0.2) is 0 Å². The van der Waals surface area contributed by atoms with Gasteiger partial charge in [0.2, 0.25) is 5.91 Å². The molecule has 0 aliphatic carbocycles. The third-order valence-electron chi connectivity index (χ3n) is 4.39. The summed E-state index contributed by atoms with van der Waals surface area (Å²) in [5.41, 5.74) is 7.71. The van der Waals surface area contributed by atoms with Gasteiger partial charge in [0.25, 0.3) is 0 Å². The Balaban J connectivity index is 1.77. The van der Waals surface area contributed by atoms with E-state index in [1.54, 1.807) is 0 Å². The van der Waals surface area contributed by atoms with Gasteiger partial charge in [0.1, 0.15) is 6.10 Å². The Labute approximate surface area is 136 Å². The van der Waals surface area contributed by atoms with E-state index in [-0.39, 0.29) is 0 Å². The maximum atomic E-state index is 11.3. The lowest BCUT2D eigenvalue weighted by molar-refractivity contribution is -0.135. The standard InChI is InChI=1S/C16H22ClN3O2/c17-13-4-3-5-14(20-6-1-2-7-20)12(13)10-19-8-9-22-15(11-19)16(18)21/h3-5,15H,1-2,6-11H2,(H2,18,21). The van der Waals surface area contributed by atoms with E-state index in [0.717, 1.165) is 36.8 Å². The molecule has 2 N–H and O–H groups in total. The van der Waals surface area contributed by atoms with Crippen molar-refractivity contribution in [1.82, 2.24) is 4.90 Å². The Hall–Kier alpha value is -1.30. The quantitative estimate of drug-likeness (QED) is 0.915. The summed E-state index contributed by atoms with van der Waals surface area (Å²) in [6.45, 7) is 4.73. The Morgan fingerprint density at radius 3 is 2.82 bits per heavy atom. The van der Waals surface area contributed by atoms with Gasteiger partial charge in [-0.2, -0.15) is 0 Å². The van der Waals surface area contributed by atoms with Crippen molar-refractivity contribution in [3.05, 3.63) is 28.8 Å². The van der Waals surface area contributed by atoms with Crippen molar-refractivity contribution in [3.8, 4) is 0 Å². The number of rotatable bonds is 4. The average molecular weight is 324 g/mol. The van der Waals surface area contributed by atoms with Crippen molar-refractivity contribution in [3.63, 3.8) is 0 Å². The fourth-order valence-electron chi connectivity index (χ4n) is 3.20. The highest BCUT2D eigenvalue weighted by Gasteiger charge is 2.26. The molecule has 0 radical (unpaired) electrons. The van der Waals surface area contributed by atoms with Crippen LogP contribution < -0.4 is 10.6 Å². The first-order valence-electron chi connectivity index (χ1n) is 7.81. The predicted molar refractivity (Wildman–Crippen MR) is 87.1 cm³/mol. The highest BCUT2D eigenvalue weighted by atomic mass is 35.5. The van der Waals surface area contributed by atoms with E-state index in [0.29, 0.717) is 13.2 Å². The van der Waals surface area contributed by atoms with E-state index in [1.807, 2.05) is 12.1 Å². The number of benzene rings is 1. The first kappa shape index (κ1) is 15.6. The molecule has 0 aromatic heterocycles. The van der Waals surface area contributed by atoms with Gasteiger partial charge in [0, 0.05) is 49.0 Å². The van der Waals surface area contributed by atoms with E-state index in [2.05, 4.69) is 15.9 Å². The molecule has 1 aromatic carbocycles. The summed E-state index contributed by atoms with van der Waals surface area (Å²) in [5, 5.41) is 0.784. The zero-order valence-electron chi connectivity index (χ0n) is 12.6. The number of ether oxygens (including phenoxy) is 1. The summed E-state index contributed by atoms with van der Waals surface area (Å²) >= 11 is 6.45. The number of amides is 1. The lowest BCUT2D eigenvalue weighted by Crippen LogP contribution is -2.48. The van der Waals surface area contributed by atoms with Gasteiger partial charge in [0.05, 0.1) is 6.61 Å². The number of anilines is 1. The van der Waals surface area contributed by atoms with Gasteiger partial charge in [0.15, 0.2) is 0 Å². The lowest BCUT2D eigenvalue weighted by atomic mass is 10.1. The summed E-state index contributed by atoms with van der Waals surface area (Å²) in [6, 6.07) is 6.08. The van der Waals surface area contributed by atoms with E-state index >= 15 is 0 Å². The second-order valence-electron chi connectivity index (χ2n) is 5.93. The van der Waals surface area contributed by atoms with Crippen LogP contribution in [0, 0.1) is 0 Å². The van der Waals surface area contributed by atoms with E-state index in [1.165, 1.54) is 18.5 Å². The van der Waals surface area contributed by atoms with Crippen LogP contribution in [0.5, 0.6) is 0 Å². The summed E-state index contributed by atoms with van der Waals surface area (Å²) in [7, 11) is 0. The van der Waals surface area contributed by atoms with Crippen LogP contribution in [0.15, 0.2) is 18.2 Å². The molecule has 120 valence electrons. The molecule has 2 heterocycles. The maximum Gasteiger partial charge on any atom is 0.247 e. The summed E-state index contributed by atoms with van der Waals surface area (Å²) in [6.07, 6.45) is 1.94. The minimum atomic E-state index is -0.522. The number of carbonyl (C=O) groups is 1. The largest absolute Gasteiger partial charge is 0.371 e. The van der Waals surface area contributed by atoms with Crippen LogP contribution >= 0.6 is 11.6 Å². The lowest BCUT2D eigenvalue weighted by Gasteiger charge is -2.33. The van der Waals surface area contributed by atoms with E-state index in [9.17, 15) is 4.79 Å². The second-order valence-corrected chi connectivity index (χ2v) is 6.34. The minimum absolute atomic E-state index is 0.399. The average Bonchev–Trinajstić information content (AvgIpc) is 3.04. The van der Waals surface area contributed by atoms with Crippen LogP contribution in [-0.4, -0.2) is 49.7 Å². The summed E-state index contributed by atoms with van der Waals surface area (Å²) < 4.78 is 5.41. The van der Waals surface area contributed by atoms with Crippen molar-refractivity contribution in [2.45, 2.75) is 25.5 Å². The molecule has 2 saturated heterocycles. The second kappa shape index (κ2) is 6.86. The number of morpholine rings is 1. The Kier molecular flexibility index (Phi) is 4.86.